The van der Waals surface area contributed by atoms with Crippen LogP contribution in [-0.4, -0.2) is 4.70 Å². The highest BCUT2D eigenvalue weighted by atomic mass is 15.2. The van der Waals surface area contributed by atoms with Gasteiger partial charge in [-0.25, -0.2) is 4.70 Å². The smallest absolute Gasteiger partial charge is 0.211 e. The fourth-order valence-corrected chi connectivity index (χ4v) is 7.97. The van der Waals surface area contributed by atoms with Gasteiger partial charge in [0.1, 0.15) is 0 Å². The summed E-state index contributed by atoms with van der Waals surface area (Å²) in [6.45, 7) is 18.5. The molecule has 0 N–H and O–H groups in total. The first-order chi connectivity index (χ1) is 23.4. The monoisotopic (exact) mass is 653 g/mol. The van der Waals surface area contributed by atoms with Gasteiger partial charge in [0, 0.05) is 22.3 Å². The molecule has 2 aromatic rings. The van der Waals surface area contributed by atoms with Crippen molar-refractivity contribution in [2.24, 2.45) is 0 Å². The molecular formula is C46H72N2. The molecule has 0 radical (unpaired) electrons. The molecule has 48 heavy (non-hydrogen) atoms. The molecule has 0 aromatic heterocycles. The summed E-state index contributed by atoms with van der Waals surface area (Å²) in [6.07, 6.45) is 25.6. The van der Waals surface area contributed by atoms with E-state index in [2.05, 4.69) is 79.7 Å². The van der Waals surface area contributed by atoms with Crippen molar-refractivity contribution >= 4 is 11.4 Å². The van der Waals surface area contributed by atoms with E-state index in [0.29, 0.717) is 0 Å². The Morgan fingerprint density at radius 1 is 0.375 bits per heavy atom. The second-order valence-electron chi connectivity index (χ2n) is 14.6. The van der Waals surface area contributed by atoms with Crippen molar-refractivity contribution in [2.75, 3.05) is 0 Å². The third kappa shape index (κ3) is 10.3. The minimum absolute atomic E-state index is 1.02. The van der Waals surface area contributed by atoms with Crippen LogP contribution in [0.1, 0.15) is 203 Å². The summed E-state index contributed by atoms with van der Waals surface area (Å²) < 4.78 is 1.68. The molecule has 0 saturated heterocycles. The number of hydrogen-bond acceptors (Lipinski definition) is 0. The van der Waals surface area contributed by atoms with Gasteiger partial charge in [0.25, 0.3) is 0 Å². The van der Waals surface area contributed by atoms with Crippen LogP contribution in [0.3, 0.4) is 0 Å². The lowest BCUT2D eigenvalue weighted by molar-refractivity contribution is -0.345. The van der Waals surface area contributed by atoms with Gasteiger partial charge in [-0.3, -0.25) is 0 Å². The van der Waals surface area contributed by atoms with E-state index < -0.39 is 0 Å². The van der Waals surface area contributed by atoms with E-state index in [0.717, 1.165) is 82.0 Å². The molecule has 0 unspecified atom stereocenters. The second-order valence-corrected chi connectivity index (χ2v) is 14.6. The zero-order valence-electron chi connectivity index (χ0n) is 32.8. The topological polar surface area (TPSA) is 25.3 Å². The van der Waals surface area contributed by atoms with Gasteiger partial charge in [-0.2, -0.15) is 0 Å². The zero-order valence-corrected chi connectivity index (χ0v) is 32.8. The Morgan fingerprint density at radius 2 is 0.729 bits per heavy atom. The van der Waals surface area contributed by atoms with Crippen LogP contribution in [0.2, 0.25) is 0 Å². The Kier molecular flexibility index (Phi) is 18.0. The number of aryl methyl sites for hydroxylation is 4. The third-order valence-corrected chi connectivity index (χ3v) is 10.5. The van der Waals surface area contributed by atoms with Crippen molar-refractivity contribution in [1.29, 1.82) is 0 Å². The maximum Gasteiger partial charge on any atom is 0.211 e. The van der Waals surface area contributed by atoms with Crippen molar-refractivity contribution in [3.05, 3.63) is 85.5 Å². The maximum absolute atomic E-state index is 12.6. The lowest BCUT2D eigenvalue weighted by atomic mass is 9.86. The fraction of sp³-hybridized carbons (Fsp3) is 0.652. The van der Waals surface area contributed by atoms with Crippen LogP contribution in [0, 0.1) is 0 Å². The Bertz CT molecular complexity index is 1310. The molecule has 2 heteroatoms. The second kappa shape index (κ2) is 21.6. The van der Waals surface area contributed by atoms with Crippen molar-refractivity contribution in [1.82, 2.24) is 0 Å². The average molecular weight is 653 g/mol. The van der Waals surface area contributed by atoms with Crippen LogP contribution < -0.4 is 0 Å². The van der Waals surface area contributed by atoms with E-state index in [9.17, 15) is 5.53 Å². The van der Waals surface area contributed by atoms with E-state index in [1.807, 2.05) is 0 Å². The Morgan fingerprint density at radius 3 is 1.15 bits per heavy atom. The predicted octanol–water partition coefficient (Wildman–Crippen LogP) is 14.5. The first-order valence-corrected chi connectivity index (χ1v) is 20.7. The summed E-state index contributed by atoms with van der Waals surface area (Å²) in [7, 11) is 0. The van der Waals surface area contributed by atoms with Gasteiger partial charge in [0.15, 0.2) is 0 Å². The van der Waals surface area contributed by atoms with E-state index in [4.69, 9.17) is 0 Å². The summed E-state index contributed by atoms with van der Waals surface area (Å²) in [5.41, 5.74) is 29.3. The summed E-state index contributed by atoms with van der Waals surface area (Å²) in [5, 5.41) is 0. The highest BCUT2D eigenvalue weighted by Crippen LogP contribution is 2.46. The van der Waals surface area contributed by atoms with Gasteiger partial charge in [-0.15, -0.1) is 0 Å². The van der Waals surface area contributed by atoms with Gasteiger partial charge in [0.05, 0.1) is 0 Å². The van der Waals surface area contributed by atoms with E-state index >= 15 is 0 Å². The molecule has 266 valence electrons. The number of unbranched alkanes of at least 4 members (excludes halogenated alkanes) is 6. The molecule has 0 aliphatic carbocycles. The van der Waals surface area contributed by atoms with Crippen LogP contribution in [0.25, 0.3) is 16.9 Å². The van der Waals surface area contributed by atoms with Crippen LogP contribution in [-0.2, 0) is 38.5 Å². The predicted molar refractivity (Wildman–Crippen MR) is 212 cm³/mol. The highest BCUT2D eigenvalue weighted by Gasteiger charge is 2.36. The third-order valence-electron chi connectivity index (χ3n) is 10.5. The first-order valence-electron chi connectivity index (χ1n) is 20.7. The van der Waals surface area contributed by atoms with Crippen molar-refractivity contribution in [3.63, 3.8) is 0 Å². The summed E-state index contributed by atoms with van der Waals surface area (Å²) >= 11 is 0. The first kappa shape index (κ1) is 40.0. The zero-order chi connectivity index (χ0) is 34.9. The minimum atomic E-state index is 1.02. The Labute approximate surface area is 297 Å². The Hall–Kier alpha value is -2.48. The largest absolute Gasteiger partial charge is 0.493 e. The number of hydrogen-bond donors (Lipinski definition) is 0. The molecule has 3 rings (SSSR count). The number of allylic oxidation sites excluding steroid dienone is 2. The van der Waals surface area contributed by atoms with Gasteiger partial charge in [-0.05, 0) is 141 Å². The van der Waals surface area contributed by atoms with E-state index in [1.165, 1.54) is 115 Å². The lowest BCUT2D eigenvalue weighted by Crippen LogP contribution is -2.09. The molecule has 0 fully saturated rings. The molecule has 0 atom stereocenters. The normalized spacial score (nSPS) is 13.5. The van der Waals surface area contributed by atoms with Crippen LogP contribution >= 0.6 is 0 Å². The summed E-state index contributed by atoms with van der Waals surface area (Å²) in [4.78, 5) is 0. The van der Waals surface area contributed by atoms with Gasteiger partial charge < -0.3 is 5.53 Å². The molecule has 1 aliphatic heterocycles. The molecule has 0 bridgehead atoms. The molecule has 2 nitrogen and oxygen atoms in total. The van der Waals surface area contributed by atoms with Crippen LogP contribution in [0.5, 0.6) is 0 Å². The maximum atomic E-state index is 12.6. The summed E-state index contributed by atoms with van der Waals surface area (Å²) in [5.74, 6) is 0. The minimum Gasteiger partial charge on any atom is -0.493 e. The number of rotatable bonds is 24. The van der Waals surface area contributed by atoms with Gasteiger partial charge >= 0.3 is 0 Å². The van der Waals surface area contributed by atoms with Crippen molar-refractivity contribution < 1.29 is 4.70 Å². The molecule has 1 aliphatic rings. The Balaban J connectivity index is 2.35. The van der Waals surface area contributed by atoms with E-state index in [1.54, 1.807) is 15.8 Å². The molecule has 1 heterocycles. The highest BCUT2D eigenvalue weighted by molar-refractivity contribution is 5.83. The SMILES string of the molecule is CCCCCC1=C(c2cc(CCCC)c(CCCC)c(CCCC)c2)[N+](=[N-])C(c2cc(CCC)c(CCC)c(CCC)c2)=C1CCCC. The van der Waals surface area contributed by atoms with Gasteiger partial charge in [0.2, 0.25) is 11.4 Å². The molecular weight excluding hydrogens is 581 g/mol. The molecule has 0 spiro atoms. The molecule has 0 amide bonds. The lowest BCUT2D eigenvalue weighted by Gasteiger charge is -2.19. The molecule has 2 aromatic carbocycles. The standard InChI is InChI=1S/C46H72N2/c1-9-17-22-30-44-43(29-21-13-5)45(39-31-35(23-14-6)41(25-16-8)36(32-39)24-15-7)48(47)46(44)40-33-37(26-18-10-2)42(28-20-12-4)38(34-40)27-19-11-3/h31-34H,9-30H2,1-8H3. The quantitative estimate of drug-likeness (QED) is 0.0796. The average Bonchev–Trinajstić information content (AvgIpc) is 3.36. The fourth-order valence-electron chi connectivity index (χ4n) is 7.97. The van der Waals surface area contributed by atoms with Crippen LogP contribution in [0.4, 0.5) is 0 Å². The number of nitrogens with zero attached hydrogens (tertiary/aromatic N) is 2. The van der Waals surface area contributed by atoms with Gasteiger partial charge in [-0.1, -0.05) is 113 Å². The van der Waals surface area contributed by atoms with Crippen molar-refractivity contribution in [2.45, 2.75) is 197 Å². The number of benzene rings is 2. The summed E-state index contributed by atoms with van der Waals surface area (Å²) in [6, 6.07) is 9.95. The molecule has 0 saturated carbocycles. The van der Waals surface area contributed by atoms with E-state index in [-0.39, 0.29) is 0 Å². The van der Waals surface area contributed by atoms with Crippen LogP contribution in [0.15, 0.2) is 35.4 Å². The van der Waals surface area contributed by atoms with Crippen molar-refractivity contribution in [3.8, 4) is 0 Å².